The fourth-order valence-corrected chi connectivity index (χ4v) is 2.38. The van der Waals surface area contributed by atoms with Gasteiger partial charge >= 0.3 is 0 Å². The first-order valence-electron chi connectivity index (χ1n) is 5.82. The highest BCUT2D eigenvalue weighted by molar-refractivity contribution is 6.16. The Labute approximate surface area is 110 Å². The zero-order chi connectivity index (χ0) is 12.5. The number of hydrogen-bond acceptors (Lipinski definition) is 2. The monoisotopic (exact) mass is 260 g/mol. The first kappa shape index (κ1) is 11.4. The molecule has 0 aliphatic heterocycles. The molecule has 0 aliphatic carbocycles. The smallest absolute Gasteiger partial charge is 0.125 e. The molecule has 2 heterocycles. The largest absolute Gasteiger partial charge is 0.467 e. The molecular formula is C14H13ClN2O. The maximum Gasteiger partial charge on any atom is 0.125 e. The van der Waals surface area contributed by atoms with Crippen LogP contribution in [0.1, 0.15) is 17.1 Å². The molecule has 3 nitrogen and oxygen atoms in total. The quantitative estimate of drug-likeness (QED) is 0.672. The Kier molecular flexibility index (Phi) is 2.84. The SMILES string of the molecule is Cc1cccc2c1nc(CCl)n2Cc1ccco1. The van der Waals surface area contributed by atoms with Gasteiger partial charge in [0.05, 0.1) is 29.7 Å². The molecule has 18 heavy (non-hydrogen) atoms. The topological polar surface area (TPSA) is 31.0 Å². The molecule has 4 heteroatoms. The number of para-hydroxylation sites is 1. The molecule has 0 aliphatic rings. The summed E-state index contributed by atoms with van der Waals surface area (Å²) in [6.45, 7) is 2.72. The van der Waals surface area contributed by atoms with Crippen molar-refractivity contribution >= 4 is 22.6 Å². The number of hydrogen-bond donors (Lipinski definition) is 0. The number of nitrogens with zero attached hydrogens (tertiary/aromatic N) is 2. The van der Waals surface area contributed by atoms with Crippen molar-refractivity contribution in [3.8, 4) is 0 Å². The summed E-state index contributed by atoms with van der Waals surface area (Å²) in [5.74, 6) is 2.17. The first-order valence-corrected chi connectivity index (χ1v) is 6.36. The van der Waals surface area contributed by atoms with Crippen LogP contribution in [0.3, 0.4) is 0 Å². The summed E-state index contributed by atoms with van der Waals surface area (Å²) in [7, 11) is 0. The van der Waals surface area contributed by atoms with Crippen LogP contribution in [0.2, 0.25) is 0 Å². The van der Waals surface area contributed by atoms with Crippen LogP contribution in [0.4, 0.5) is 0 Å². The highest BCUT2D eigenvalue weighted by Crippen LogP contribution is 2.22. The number of imidazole rings is 1. The summed E-state index contributed by atoms with van der Waals surface area (Å²) in [5, 5.41) is 0. The molecule has 0 N–H and O–H groups in total. The van der Waals surface area contributed by atoms with E-state index in [2.05, 4.69) is 28.6 Å². The molecule has 0 fully saturated rings. The van der Waals surface area contributed by atoms with E-state index < -0.39 is 0 Å². The lowest BCUT2D eigenvalue weighted by Gasteiger charge is -2.05. The van der Waals surface area contributed by atoms with Gasteiger partial charge in [-0.1, -0.05) is 12.1 Å². The highest BCUT2D eigenvalue weighted by Gasteiger charge is 2.12. The summed E-state index contributed by atoms with van der Waals surface area (Å²) >= 11 is 5.98. The van der Waals surface area contributed by atoms with Crippen molar-refractivity contribution in [3.05, 3.63) is 53.7 Å². The Morgan fingerprint density at radius 3 is 2.89 bits per heavy atom. The normalized spacial score (nSPS) is 11.2. The van der Waals surface area contributed by atoms with Crippen molar-refractivity contribution < 1.29 is 4.42 Å². The standard InChI is InChI=1S/C14H13ClN2O/c1-10-4-2-6-12-14(10)16-13(8-15)17(12)9-11-5-3-7-18-11/h2-7H,8-9H2,1H3. The van der Waals surface area contributed by atoms with Gasteiger partial charge in [-0.3, -0.25) is 0 Å². The Morgan fingerprint density at radius 2 is 2.17 bits per heavy atom. The molecular weight excluding hydrogens is 248 g/mol. The molecule has 92 valence electrons. The summed E-state index contributed by atoms with van der Waals surface area (Å²) in [5.41, 5.74) is 3.28. The molecule has 0 amide bonds. The van der Waals surface area contributed by atoms with Gasteiger partial charge in [0.2, 0.25) is 0 Å². The van der Waals surface area contributed by atoms with Gasteiger partial charge < -0.3 is 8.98 Å². The van der Waals surface area contributed by atoms with Crippen LogP contribution in [0.15, 0.2) is 41.0 Å². The average Bonchev–Trinajstić information content (AvgIpc) is 2.99. The van der Waals surface area contributed by atoms with Gasteiger partial charge in [-0.25, -0.2) is 4.98 Å². The van der Waals surface area contributed by atoms with Gasteiger partial charge in [0, 0.05) is 0 Å². The Bertz CT molecular complexity index is 670. The van der Waals surface area contributed by atoms with Gasteiger partial charge in [0.15, 0.2) is 0 Å². The predicted octanol–water partition coefficient (Wildman–Crippen LogP) is 3.72. The molecule has 0 bridgehead atoms. The number of halogens is 1. The Hall–Kier alpha value is -1.74. The third kappa shape index (κ3) is 1.81. The van der Waals surface area contributed by atoms with Crippen molar-refractivity contribution in [1.82, 2.24) is 9.55 Å². The van der Waals surface area contributed by atoms with Crippen LogP contribution in [0, 0.1) is 6.92 Å². The minimum Gasteiger partial charge on any atom is -0.467 e. The number of alkyl halides is 1. The van der Waals surface area contributed by atoms with E-state index in [1.807, 2.05) is 18.2 Å². The van der Waals surface area contributed by atoms with Gasteiger partial charge in [0.1, 0.15) is 11.6 Å². The van der Waals surface area contributed by atoms with E-state index in [4.69, 9.17) is 16.0 Å². The summed E-state index contributed by atoms with van der Waals surface area (Å²) in [4.78, 5) is 4.60. The van der Waals surface area contributed by atoms with Crippen LogP contribution in [0.5, 0.6) is 0 Å². The molecule has 0 saturated carbocycles. The fourth-order valence-electron chi connectivity index (χ4n) is 2.17. The molecule has 0 spiro atoms. The molecule has 1 aromatic carbocycles. The molecule has 0 saturated heterocycles. The van der Waals surface area contributed by atoms with Crippen molar-refractivity contribution in [2.24, 2.45) is 0 Å². The lowest BCUT2D eigenvalue weighted by Crippen LogP contribution is -2.02. The molecule has 3 aromatic rings. The van der Waals surface area contributed by atoms with E-state index >= 15 is 0 Å². The van der Waals surface area contributed by atoms with E-state index in [9.17, 15) is 0 Å². The third-order valence-corrected chi connectivity index (χ3v) is 3.31. The number of furan rings is 1. The number of fused-ring (bicyclic) bond motifs is 1. The van der Waals surface area contributed by atoms with E-state index in [1.54, 1.807) is 6.26 Å². The van der Waals surface area contributed by atoms with Gasteiger partial charge in [-0.05, 0) is 30.7 Å². The van der Waals surface area contributed by atoms with E-state index in [1.165, 1.54) is 0 Å². The van der Waals surface area contributed by atoms with Crippen LogP contribution in [-0.4, -0.2) is 9.55 Å². The second-order valence-corrected chi connectivity index (χ2v) is 4.54. The molecule has 0 atom stereocenters. The average molecular weight is 261 g/mol. The Morgan fingerprint density at radius 1 is 1.28 bits per heavy atom. The van der Waals surface area contributed by atoms with Crippen molar-refractivity contribution in [2.75, 3.05) is 0 Å². The minimum absolute atomic E-state index is 0.398. The fraction of sp³-hybridized carbons (Fsp3) is 0.214. The van der Waals surface area contributed by atoms with Crippen molar-refractivity contribution in [1.29, 1.82) is 0 Å². The van der Waals surface area contributed by atoms with E-state index in [0.29, 0.717) is 12.4 Å². The zero-order valence-electron chi connectivity index (χ0n) is 10.1. The van der Waals surface area contributed by atoms with E-state index in [-0.39, 0.29) is 0 Å². The van der Waals surface area contributed by atoms with Crippen LogP contribution < -0.4 is 0 Å². The second kappa shape index (κ2) is 4.50. The minimum atomic E-state index is 0.398. The Balaban J connectivity index is 2.17. The molecule has 3 rings (SSSR count). The zero-order valence-corrected chi connectivity index (χ0v) is 10.8. The second-order valence-electron chi connectivity index (χ2n) is 4.27. The third-order valence-electron chi connectivity index (χ3n) is 3.07. The number of aromatic nitrogens is 2. The molecule has 0 unspecified atom stereocenters. The van der Waals surface area contributed by atoms with Crippen LogP contribution in [-0.2, 0) is 12.4 Å². The summed E-state index contributed by atoms with van der Waals surface area (Å²) in [6.07, 6.45) is 1.68. The summed E-state index contributed by atoms with van der Waals surface area (Å²) < 4.78 is 7.50. The van der Waals surface area contributed by atoms with Gasteiger partial charge in [-0.2, -0.15) is 0 Å². The van der Waals surface area contributed by atoms with Gasteiger partial charge in [0.25, 0.3) is 0 Å². The van der Waals surface area contributed by atoms with Crippen LogP contribution >= 0.6 is 11.6 Å². The van der Waals surface area contributed by atoms with Gasteiger partial charge in [-0.15, -0.1) is 11.6 Å². The molecule has 0 radical (unpaired) electrons. The molecule has 2 aromatic heterocycles. The summed E-state index contributed by atoms with van der Waals surface area (Å²) in [6, 6.07) is 10.0. The van der Waals surface area contributed by atoms with E-state index in [0.717, 1.165) is 28.2 Å². The lowest BCUT2D eigenvalue weighted by molar-refractivity contribution is 0.493. The van der Waals surface area contributed by atoms with Crippen molar-refractivity contribution in [2.45, 2.75) is 19.3 Å². The first-order chi connectivity index (χ1) is 8.79. The highest BCUT2D eigenvalue weighted by atomic mass is 35.5. The van der Waals surface area contributed by atoms with Crippen molar-refractivity contribution in [3.63, 3.8) is 0 Å². The predicted molar refractivity (Wildman–Crippen MR) is 71.8 cm³/mol. The van der Waals surface area contributed by atoms with Crippen LogP contribution in [0.25, 0.3) is 11.0 Å². The maximum absolute atomic E-state index is 5.98. The number of benzene rings is 1. The lowest BCUT2D eigenvalue weighted by atomic mass is 10.2. The number of aryl methyl sites for hydroxylation is 1. The maximum atomic E-state index is 5.98. The number of rotatable bonds is 3.